The van der Waals surface area contributed by atoms with E-state index in [0.717, 1.165) is 13.0 Å². The molecule has 9 nitrogen and oxygen atoms in total. The Morgan fingerprint density at radius 1 is 1.27 bits per heavy atom. The number of rotatable bonds is 5. The van der Waals surface area contributed by atoms with Gasteiger partial charge in [-0.05, 0) is 12.5 Å². The third-order valence-electron chi connectivity index (χ3n) is 4.94. The molecule has 2 aromatic heterocycles. The van der Waals surface area contributed by atoms with Crippen LogP contribution in [-0.4, -0.2) is 76.9 Å². The van der Waals surface area contributed by atoms with E-state index < -0.39 is 6.10 Å². The second-order valence-electron chi connectivity index (χ2n) is 6.71. The zero-order valence-electron chi connectivity index (χ0n) is 13.9. The molecule has 140 valence electrons. The molecular formula is C16H19ClN4O5. The topological polar surface area (TPSA) is 111 Å². The molecule has 0 aromatic carbocycles. The van der Waals surface area contributed by atoms with Crippen LogP contribution in [0.25, 0.3) is 11.2 Å². The van der Waals surface area contributed by atoms with Crippen LogP contribution in [0.5, 0.6) is 6.01 Å². The number of aromatic nitrogens is 3. The van der Waals surface area contributed by atoms with Gasteiger partial charge in [0.1, 0.15) is 24.1 Å². The highest BCUT2D eigenvalue weighted by molar-refractivity contribution is 6.33. The Labute approximate surface area is 153 Å². The Bertz CT molecular complexity index is 813. The number of hydrogen-bond acceptors (Lipinski definition) is 8. The van der Waals surface area contributed by atoms with Crippen LogP contribution in [0, 0.1) is 0 Å². The third-order valence-corrected chi connectivity index (χ3v) is 5.23. The fraction of sp³-hybridized carbons (Fsp3) is 0.625. The van der Waals surface area contributed by atoms with Crippen LogP contribution in [0.3, 0.4) is 0 Å². The quantitative estimate of drug-likeness (QED) is 0.693. The molecule has 3 aliphatic heterocycles. The normalized spacial score (nSPS) is 33.2. The molecule has 2 aromatic rings. The van der Waals surface area contributed by atoms with Crippen LogP contribution in [0.15, 0.2) is 6.07 Å². The lowest BCUT2D eigenvalue weighted by atomic mass is 10.1. The number of halogens is 1. The van der Waals surface area contributed by atoms with Gasteiger partial charge in [-0.15, -0.1) is 0 Å². The molecule has 3 N–H and O–H groups in total. The molecule has 0 bridgehead atoms. The monoisotopic (exact) mass is 382 g/mol. The molecular weight excluding hydrogens is 364 g/mol. The predicted octanol–water partition coefficient (Wildman–Crippen LogP) is 0.718. The van der Waals surface area contributed by atoms with Gasteiger partial charge in [0.2, 0.25) is 0 Å². The molecule has 0 aliphatic carbocycles. The second-order valence-corrected chi connectivity index (χ2v) is 7.12. The Hall–Kier alpha value is -1.65. The number of hydrogen-bond donors (Lipinski definition) is 3. The summed E-state index contributed by atoms with van der Waals surface area (Å²) in [4.78, 5) is 11.9. The summed E-state index contributed by atoms with van der Waals surface area (Å²) < 4.78 is 22.4. The molecule has 3 fully saturated rings. The number of pyridine rings is 1. The molecule has 5 heterocycles. The van der Waals surface area contributed by atoms with Crippen molar-refractivity contribution in [1.82, 2.24) is 15.0 Å². The van der Waals surface area contributed by atoms with E-state index in [0.29, 0.717) is 41.2 Å². The number of H-pyrrole nitrogens is 1. The van der Waals surface area contributed by atoms with E-state index in [9.17, 15) is 5.11 Å². The van der Waals surface area contributed by atoms with Crippen molar-refractivity contribution >= 4 is 28.6 Å². The van der Waals surface area contributed by atoms with Crippen molar-refractivity contribution in [2.45, 2.75) is 36.9 Å². The van der Waals surface area contributed by atoms with Crippen molar-refractivity contribution in [3.05, 3.63) is 11.1 Å². The maximum absolute atomic E-state index is 9.80. The van der Waals surface area contributed by atoms with Gasteiger partial charge in [-0.25, -0.2) is 4.98 Å². The summed E-state index contributed by atoms with van der Waals surface area (Å²) in [5.74, 6) is 0.569. The van der Waals surface area contributed by atoms with Crippen LogP contribution in [0.1, 0.15) is 6.42 Å². The first-order valence-electron chi connectivity index (χ1n) is 8.67. The average Bonchev–Trinajstić information content (AvgIpc) is 3.24. The van der Waals surface area contributed by atoms with E-state index in [1.165, 1.54) is 0 Å². The highest BCUT2D eigenvalue weighted by Gasteiger charge is 2.48. The van der Waals surface area contributed by atoms with Gasteiger partial charge in [-0.2, -0.15) is 4.98 Å². The van der Waals surface area contributed by atoms with E-state index in [1.54, 1.807) is 6.07 Å². The number of fused-ring (bicyclic) bond motifs is 2. The number of nitrogens with one attached hydrogen (secondary N) is 2. The smallest absolute Gasteiger partial charge is 0.296 e. The van der Waals surface area contributed by atoms with Gasteiger partial charge in [0.15, 0.2) is 11.8 Å². The fourth-order valence-electron chi connectivity index (χ4n) is 3.42. The van der Waals surface area contributed by atoms with Crippen molar-refractivity contribution in [3.63, 3.8) is 0 Å². The molecule has 5 atom stereocenters. The number of nitrogens with zero attached hydrogens (tertiary/aromatic N) is 2. The zero-order valence-corrected chi connectivity index (χ0v) is 14.6. The lowest BCUT2D eigenvalue weighted by molar-refractivity contribution is -0.0410. The van der Waals surface area contributed by atoms with Crippen LogP contribution >= 0.6 is 11.6 Å². The average molecular weight is 383 g/mol. The fourth-order valence-corrected chi connectivity index (χ4v) is 3.64. The predicted molar refractivity (Wildman–Crippen MR) is 91.6 cm³/mol. The number of aliphatic hydroxyl groups excluding tert-OH is 1. The molecule has 0 radical (unpaired) electrons. The van der Waals surface area contributed by atoms with Crippen molar-refractivity contribution in [2.24, 2.45) is 0 Å². The summed E-state index contributed by atoms with van der Waals surface area (Å²) in [6, 6.07) is 2.08. The molecule has 0 saturated carbocycles. The highest BCUT2D eigenvalue weighted by atomic mass is 35.5. The molecule has 3 aliphatic rings. The van der Waals surface area contributed by atoms with E-state index in [-0.39, 0.29) is 31.0 Å². The third kappa shape index (κ3) is 2.89. The standard InChI is InChI=1S/C16H19ClN4O5/c17-8-3-9-15(20-14(8)18-4-7-1-2-23-7)21-16(19-9)26-11-6-25-12-10(22)5-24-13(11)12/h3,7,10-13,22H,1-2,4-6H2,(H2,18,19,20,21)/t7?,10-,11-,12-,13-/m1/s1. The molecule has 3 saturated heterocycles. The Balaban J connectivity index is 1.31. The summed E-state index contributed by atoms with van der Waals surface area (Å²) in [5, 5.41) is 13.5. The van der Waals surface area contributed by atoms with E-state index in [1.807, 2.05) is 0 Å². The van der Waals surface area contributed by atoms with Gasteiger partial charge in [0.05, 0.1) is 29.9 Å². The van der Waals surface area contributed by atoms with Crippen molar-refractivity contribution in [2.75, 3.05) is 31.7 Å². The molecule has 26 heavy (non-hydrogen) atoms. The number of ether oxygens (including phenoxy) is 4. The number of imidazole rings is 1. The van der Waals surface area contributed by atoms with E-state index in [2.05, 4.69) is 20.3 Å². The van der Waals surface area contributed by atoms with E-state index in [4.69, 9.17) is 30.5 Å². The van der Waals surface area contributed by atoms with E-state index >= 15 is 0 Å². The minimum atomic E-state index is -0.613. The first kappa shape index (κ1) is 16.5. The van der Waals surface area contributed by atoms with Crippen LogP contribution in [0.4, 0.5) is 5.82 Å². The van der Waals surface area contributed by atoms with Gasteiger partial charge in [0, 0.05) is 13.2 Å². The number of anilines is 1. The molecule has 0 amide bonds. The van der Waals surface area contributed by atoms with Crippen molar-refractivity contribution in [3.8, 4) is 6.01 Å². The van der Waals surface area contributed by atoms with Gasteiger partial charge in [-0.1, -0.05) is 11.6 Å². The zero-order chi connectivity index (χ0) is 17.7. The van der Waals surface area contributed by atoms with Crippen molar-refractivity contribution < 1.29 is 24.1 Å². The largest absolute Gasteiger partial charge is 0.456 e. The van der Waals surface area contributed by atoms with Gasteiger partial charge in [-0.3, -0.25) is 0 Å². The summed E-state index contributed by atoms with van der Waals surface area (Å²) >= 11 is 6.29. The summed E-state index contributed by atoms with van der Waals surface area (Å²) in [5.41, 5.74) is 1.18. The summed E-state index contributed by atoms with van der Waals surface area (Å²) in [6.07, 6.45) is -0.343. The molecule has 5 rings (SSSR count). The second kappa shape index (κ2) is 6.50. The Kier molecular flexibility index (Phi) is 4.13. The maximum atomic E-state index is 9.80. The first-order valence-corrected chi connectivity index (χ1v) is 9.05. The number of aliphatic hydroxyl groups is 1. The van der Waals surface area contributed by atoms with Crippen LogP contribution < -0.4 is 10.1 Å². The number of aromatic amines is 1. The molecule has 1 unspecified atom stereocenters. The Morgan fingerprint density at radius 3 is 2.92 bits per heavy atom. The van der Waals surface area contributed by atoms with Crippen LogP contribution in [-0.2, 0) is 14.2 Å². The highest BCUT2D eigenvalue weighted by Crippen LogP contribution is 2.30. The SMILES string of the molecule is O[C@@H]1CO[C@H]2[C@@H]1OC[C@H]2Oc1nc2nc(NCC3CCO3)c(Cl)cc2[nH]1. The molecule has 0 spiro atoms. The maximum Gasteiger partial charge on any atom is 0.296 e. The Morgan fingerprint density at radius 2 is 2.12 bits per heavy atom. The molecule has 10 heteroatoms. The minimum absolute atomic E-state index is 0.207. The first-order chi connectivity index (χ1) is 12.7. The van der Waals surface area contributed by atoms with Gasteiger partial charge < -0.3 is 34.4 Å². The summed E-state index contributed by atoms with van der Waals surface area (Å²) in [7, 11) is 0. The van der Waals surface area contributed by atoms with Gasteiger partial charge >= 0.3 is 0 Å². The van der Waals surface area contributed by atoms with Crippen LogP contribution in [0.2, 0.25) is 5.02 Å². The summed E-state index contributed by atoms with van der Waals surface area (Å²) in [6.45, 7) is 2.06. The van der Waals surface area contributed by atoms with Crippen molar-refractivity contribution in [1.29, 1.82) is 0 Å². The lowest BCUT2D eigenvalue weighted by Gasteiger charge is -2.26. The minimum Gasteiger partial charge on any atom is -0.456 e. The van der Waals surface area contributed by atoms with Gasteiger partial charge in [0.25, 0.3) is 6.01 Å². The lowest BCUT2D eigenvalue weighted by Crippen LogP contribution is -2.34.